The second kappa shape index (κ2) is 22.1. The minimum Gasteiger partial charge on any atom is -0.463 e. The van der Waals surface area contributed by atoms with Gasteiger partial charge in [0.15, 0.2) is 0 Å². The maximum absolute atomic E-state index is 12.8. The first-order valence-corrected chi connectivity index (χ1v) is 16.8. The summed E-state index contributed by atoms with van der Waals surface area (Å²) in [5.41, 5.74) is 1.64. The maximum Gasteiger partial charge on any atom is 0.343 e. The molecule has 0 aromatic heterocycles. The third-order valence-electron chi connectivity index (χ3n) is 7.38. The van der Waals surface area contributed by atoms with E-state index in [0.29, 0.717) is 72.6 Å². The van der Waals surface area contributed by atoms with Gasteiger partial charge in [0, 0.05) is 37.7 Å². The fourth-order valence-electron chi connectivity index (χ4n) is 4.63. The number of benzene rings is 3. The van der Waals surface area contributed by atoms with Crippen molar-refractivity contribution in [3.63, 3.8) is 0 Å². The molecule has 0 aliphatic heterocycles. The molecule has 0 saturated heterocycles. The van der Waals surface area contributed by atoms with E-state index in [1.54, 1.807) is 49.4 Å². The highest BCUT2D eigenvalue weighted by molar-refractivity contribution is 5.91. The van der Waals surface area contributed by atoms with Crippen molar-refractivity contribution in [2.45, 2.75) is 64.6 Å². The highest BCUT2D eigenvalue weighted by atomic mass is 16.7. The predicted octanol–water partition coefficient (Wildman–Crippen LogP) is 7.33. The van der Waals surface area contributed by atoms with Crippen LogP contribution >= 0.6 is 0 Å². The van der Waals surface area contributed by atoms with Crippen molar-refractivity contribution in [2.75, 3.05) is 20.3 Å². The first kappa shape index (κ1) is 40.7. The summed E-state index contributed by atoms with van der Waals surface area (Å²) in [6.45, 7) is 9.02. The summed E-state index contributed by atoms with van der Waals surface area (Å²) in [7, 11) is 1.50. The molecule has 12 heteroatoms. The van der Waals surface area contributed by atoms with Crippen molar-refractivity contribution in [2.24, 2.45) is 0 Å². The summed E-state index contributed by atoms with van der Waals surface area (Å²) in [6, 6.07) is 17.8. The lowest BCUT2D eigenvalue weighted by Crippen LogP contribution is -2.12. The standard InChI is InChI=1S/C40H44O12/c1-5-35(41)47-25-11-7-9-13-37(43)49-31-19-15-29(16-20-31)39(45)51-33-23-24-34(28(3)27-33)52-40(46-4)30-17-21-32(22-18-30)50-38(44)14-10-8-12-26-48-36(42)6-2/h5-6,15-24,27,40H,1-2,7-14,25-26H2,3-4H3. The molecule has 3 rings (SSSR count). The molecule has 0 aliphatic carbocycles. The van der Waals surface area contributed by atoms with Gasteiger partial charge in [0.05, 0.1) is 18.8 Å². The van der Waals surface area contributed by atoms with E-state index in [2.05, 4.69) is 13.2 Å². The van der Waals surface area contributed by atoms with Crippen LogP contribution in [-0.2, 0) is 33.4 Å². The Kier molecular flexibility index (Phi) is 17.3. The number of hydrogen-bond donors (Lipinski definition) is 0. The summed E-state index contributed by atoms with van der Waals surface area (Å²) in [5.74, 6) is -0.807. The Hall–Kier alpha value is -5.75. The summed E-state index contributed by atoms with van der Waals surface area (Å²) in [5, 5.41) is 0. The number of aryl methyl sites for hydroxylation is 1. The Labute approximate surface area is 303 Å². The van der Waals surface area contributed by atoms with Gasteiger partial charge in [-0.25, -0.2) is 14.4 Å². The highest BCUT2D eigenvalue weighted by Crippen LogP contribution is 2.30. The molecule has 1 atom stereocenters. The highest BCUT2D eigenvalue weighted by Gasteiger charge is 2.17. The quantitative estimate of drug-likeness (QED) is 0.0337. The van der Waals surface area contributed by atoms with Gasteiger partial charge in [0.2, 0.25) is 6.29 Å². The van der Waals surface area contributed by atoms with Crippen LogP contribution in [0.4, 0.5) is 0 Å². The molecule has 0 fully saturated rings. The molecular weight excluding hydrogens is 672 g/mol. The fraction of sp³-hybridized carbons (Fsp3) is 0.325. The number of rotatable bonds is 22. The second-order valence-electron chi connectivity index (χ2n) is 11.4. The zero-order chi connectivity index (χ0) is 37.7. The van der Waals surface area contributed by atoms with E-state index >= 15 is 0 Å². The lowest BCUT2D eigenvalue weighted by molar-refractivity contribution is -0.138. The molecule has 52 heavy (non-hydrogen) atoms. The number of carbonyl (C=O) groups is 5. The zero-order valence-electron chi connectivity index (χ0n) is 29.5. The average molecular weight is 717 g/mol. The molecule has 1 unspecified atom stereocenters. The van der Waals surface area contributed by atoms with E-state index in [9.17, 15) is 24.0 Å². The van der Waals surface area contributed by atoms with Crippen LogP contribution in [0.5, 0.6) is 23.0 Å². The van der Waals surface area contributed by atoms with E-state index in [1.807, 2.05) is 0 Å². The van der Waals surface area contributed by atoms with Gasteiger partial charge in [-0.05, 0) is 118 Å². The van der Waals surface area contributed by atoms with Crippen LogP contribution in [0.25, 0.3) is 0 Å². The van der Waals surface area contributed by atoms with E-state index in [0.717, 1.165) is 12.2 Å². The number of unbranched alkanes of at least 4 members (excludes halogenated alkanes) is 4. The molecule has 276 valence electrons. The molecule has 3 aromatic rings. The number of carbonyl (C=O) groups excluding carboxylic acids is 5. The molecule has 0 aliphatic rings. The third kappa shape index (κ3) is 14.6. The fourth-order valence-corrected chi connectivity index (χ4v) is 4.63. The lowest BCUT2D eigenvalue weighted by atomic mass is 10.2. The molecule has 0 radical (unpaired) electrons. The van der Waals surface area contributed by atoms with Gasteiger partial charge < -0.3 is 33.2 Å². The van der Waals surface area contributed by atoms with E-state index in [4.69, 9.17) is 33.2 Å². The molecule has 0 bridgehead atoms. The Morgan fingerprint density at radius 3 is 1.62 bits per heavy atom. The van der Waals surface area contributed by atoms with Crippen molar-refractivity contribution in [3.05, 3.63) is 109 Å². The maximum atomic E-state index is 12.8. The van der Waals surface area contributed by atoms with Gasteiger partial charge in [-0.2, -0.15) is 0 Å². The summed E-state index contributed by atoms with van der Waals surface area (Å²) >= 11 is 0. The van der Waals surface area contributed by atoms with Crippen LogP contribution < -0.4 is 18.9 Å². The Balaban J connectivity index is 1.43. The first-order valence-electron chi connectivity index (χ1n) is 16.8. The van der Waals surface area contributed by atoms with Gasteiger partial charge >= 0.3 is 29.8 Å². The Bertz CT molecular complexity index is 1660. The number of hydrogen-bond acceptors (Lipinski definition) is 12. The molecule has 0 saturated carbocycles. The van der Waals surface area contributed by atoms with E-state index in [-0.39, 0.29) is 37.6 Å². The minimum atomic E-state index is -0.770. The van der Waals surface area contributed by atoms with Gasteiger partial charge in [-0.3, -0.25) is 9.59 Å². The normalized spacial score (nSPS) is 11.0. The first-order chi connectivity index (χ1) is 25.1. The smallest absolute Gasteiger partial charge is 0.343 e. The predicted molar refractivity (Wildman–Crippen MR) is 190 cm³/mol. The van der Waals surface area contributed by atoms with Crippen molar-refractivity contribution in [3.8, 4) is 23.0 Å². The van der Waals surface area contributed by atoms with Crippen LogP contribution in [0, 0.1) is 6.92 Å². The van der Waals surface area contributed by atoms with Crippen molar-refractivity contribution in [1.29, 1.82) is 0 Å². The molecule has 12 nitrogen and oxygen atoms in total. The Morgan fingerprint density at radius 1 is 0.635 bits per heavy atom. The van der Waals surface area contributed by atoms with Crippen LogP contribution in [0.1, 0.15) is 79.1 Å². The third-order valence-corrected chi connectivity index (χ3v) is 7.38. The summed E-state index contributed by atoms with van der Waals surface area (Å²) in [4.78, 5) is 59.2. The van der Waals surface area contributed by atoms with Crippen LogP contribution in [-0.4, -0.2) is 50.2 Å². The average Bonchev–Trinajstić information content (AvgIpc) is 3.14. The van der Waals surface area contributed by atoms with Crippen LogP contribution in [0.2, 0.25) is 0 Å². The molecule has 0 heterocycles. The van der Waals surface area contributed by atoms with Gasteiger partial charge in [0.25, 0.3) is 0 Å². The number of methoxy groups -OCH3 is 1. The second-order valence-corrected chi connectivity index (χ2v) is 11.4. The molecule has 0 spiro atoms. The number of esters is 5. The Morgan fingerprint density at radius 2 is 1.13 bits per heavy atom. The minimum absolute atomic E-state index is 0.203. The van der Waals surface area contributed by atoms with E-state index in [1.165, 1.54) is 31.4 Å². The molecular formula is C40H44O12. The van der Waals surface area contributed by atoms with Gasteiger partial charge in [-0.15, -0.1) is 0 Å². The summed E-state index contributed by atoms with van der Waals surface area (Å²) in [6.07, 6.45) is 5.75. The largest absolute Gasteiger partial charge is 0.463 e. The lowest BCUT2D eigenvalue weighted by Gasteiger charge is -2.20. The van der Waals surface area contributed by atoms with Crippen LogP contribution in [0.3, 0.4) is 0 Å². The van der Waals surface area contributed by atoms with Gasteiger partial charge in [-0.1, -0.05) is 13.2 Å². The summed E-state index contributed by atoms with van der Waals surface area (Å²) < 4.78 is 37.7. The molecule has 0 amide bonds. The topological polar surface area (TPSA) is 150 Å². The zero-order valence-corrected chi connectivity index (χ0v) is 29.5. The van der Waals surface area contributed by atoms with Crippen molar-refractivity contribution in [1.82, 2.24) is 0 Å². The molecule has 3 aromatic carbocycles. The number of ether oxygens (including phenoxy) is 7. The SMILES string of the molecule is C=CC(=O)OCCCCCC(=O)Oc1ccc(C(=O)Oc2ccc(OC(OC)c3ccc(OC(=O)CCCCCOC(=O)C=C)cc3)c(C)c2)cc1. The van der Waals surface area contributed by atoms with Crippen molar-refractivity contribution >= 4 is 29.8 Å². The monoisotopic (exact) mass is 716 g/mol. The van der Waals surface area contributed by atoms with E-state index < -0.39 is 30.2 Å². The molecule has 0 N–H and O–H groups in total. The van der Waals surface area contributed by atoms with Crippen LogP contribution in [0.15, 0.2) is 92.0 Å². The van der Waals surface area contributed by atoms with Crippen molar-refractivity contribution < 1.29 is 57.1 Å². The van der Waals surface area contributed by atoms with Gasteiger partial charge in [0.1, 0.15) is 23.0 Å².